The lowest BCUT2D eigenvalue weighted by Gasteiger charge is -2.37. The van der Waals surface area contributed by atoms with E-state index in [0.29, 0.717) is 66.0 Å². The van der Waals surface area contributed by atoms with Crippen molar-refractivity contribution in [1.82, 2.24) is 45.3 Å². The maximum absolute atomic E-state index is 14.1. The van der Waals surface area contributed by atoms with Gasteiger partial charge in [-0.1, -0.05) is 47.5 Å². The molecule has 7 aliphatic rings. The van der Waals surface area contributed by atoms with Crippen LogP contribution >= 0.6 is 23.2 Å². The molecule has 0 bridgehead atoms. The van der Waals surface area contributed by atoms with Crippen molar-refractivity contribution in [3.63, 3.8) is 0 Å². The van der Waals surface area contributed by atoms with Crippen LogP contribution in [0.4, 0.5) is 23.5 Å². The van der Waals surface area contributed by atoms with Gasteiger partial charge in [-0.15, -0.1) is 0 Å². The molecule has 5 aliphatic heterocycles. The lowest BCUT2D eigenvalue weighted by molar-refractivity contribution is -0.140. The summed E-state index contributed by atoms with van der Waals surface area (Å²) in [5.41, 5.74) is 1.88. The summed E-state index contributed by atoms with van der Waals surface area (Å²) in [5.74, 6) is 0.354. The van der Waals surface area contributed by atoms with Crippen molar-refractivity contribution in [2.24, 2.45) is 11.8 Å². The number of hydrogen-bond donors (Lipinski definition) is 4. The molecule has 3 saturated heterocycles. The quantitative estimate of drug-likeness (QED) is 0.228. The first-order chi connectivity index (χ1) is 31.9. The summed E-state index contributed by atoms with van der Waals surface area (Å²) in [4.78, 5) is 80.7. The van der Waals surface area contributed by atoms with E-state index in [4.69, 9.17) is 47.6 Å². The Balaban J connectivity index is 0.904. The van der Waals surface area contributed by atoms with Crippen molar-refractivity contribution in [3.8, 4) is 0 Å². The number of nitrogens with zero attached hydrogens (tertiary/aromatic N) is 9. The second kappa shape index (κ2) is 19.3. The number of ether oxygens (including phenoxy) is 2. The Labute approximate surface area is 392 Å². The molecule has 9 rings (SSSR count). The number of anilines is 4. The molecule has 5 atom stereocenters. The number of fused-ring (bicyclic) bond motifs is 2. The van der Waals surface area contributed by atoms with Crippen LogP contribution in [0.1, 0.15) is 31.4 Å². The van der Waals surface area contributed by atoms with E-state index in [9.17, 15) is 19.2 Å². The van der Waals surface area contributed by atoms with Gasteiger partial charge >= 0.3 is 0 Å². The number of carbonyl (C=O) groups is 4. The van der Waals surface area contributed by atoms with Gasteiger partial charge in [0.2, 0.25) is 11.9 Å². The number of piperazine rings is 1. The zero-order valence-corrected chi connectivity index (χ0v) is 38.5. The molecule has 0 saturated carbocycles. The Bertz CT molecular complexity index is 2460. The van der Waals surface area contributed by atoms with Crippen molar-refractivity contribution in [2.45, 2.75) is 50.4 Å². The van der Waals surface area contributed by atoms with Gasteiger partial charge in [-0.05, 0) is 43.6 Å². The number of likely N-dealkylation sites (N-methyl/N-ethyl adjacent to an activating group) is 3. The van der Waals surface area contributed by atoms with E-state index >= 15 is 0 Å². The van der Waals surface area contributed by atoms with Crippen molar-refractivity contribution >= 4 is 70.4 Å². The molecule has 66 heavy (non-hydrogen) atoms. The minimum absolute atomic E-state index is 0.0836. The third-order valence-corrected chi connectivity index (χ3v) is 13.5. The standard InChI is InChI=1S/C45H53Cl2N13O6/c1-48-37(61)25-65-35-21-26-19-29(8-10-32(26)56(2)41(35)62)52-40-38(47)31(53-45(55-40)59-17-12-49-13-18-59)24-60-16-11-34(43(60)64)66-36-22-27-20-28(7-9-33(27)57(3)42(36)63)51-39-30(46)23-50-44(54-39)58-14-5-4-6-15-58/h7-10,19-23,26-27,32-34,49H,4-6,11-18,24-25H2,1-3H3,(H,48,61)(H,50,51,54)(H,52,53,55)/t26?,27?,32?,33?,34-/m0/s1. The van der Waals surface area contributed by atoms with Gasteiger partial charge in [-0.2, -0.15) is 9.97 Å². The van der Waals surface area contributed by atoms with Gasteiger partial charge in [-0.25, -0.2) is 9.97 Å². The monoisotopic (exact) mass is 941 g/mol. The topological polar surface area (TPSA) is 203 Å². The van der Waals surface area contributed by atoms with E-state index in [0.717, 1.165) is 44.7 Å². The third kappa shape index (κ3) is 9.41. The summed E-state index contributed by atoms with van der Waals surface area (Å²) < 4.78 is 11.9. The van der Waals surface area contributed by atoms with Crippen LogP contribution in [0.15, 0.2) is 77.7 Å². The molecular weight excluding hydrogens is 889 g/mol. The van der Waals surface area contributed by atoms with Gasteiger partial charge < -0.3 is 55.2 Å². The maximum atomic E-state index is 14.1. The first-order valence-corrected chi connectivity index (χ1v) is 23.1. The second-order valence-corrected chi connectivity index (χ2v) is 17.9. The average Bonchev–Trinajstić information content (AvgIpc) is 3.67. The number of amides is 4. The van der Waals surface area contributed by atoms with Crippen LogP contribution in [-0.2, 0) is 35.2 Å². The Hall–Kier alpha value is -6.18. The molecule has 21 heteroatoms. The third-order valence-electron chi connectivity index (χ3n) is 12.8. The van der Waals surface area contributed by atoms with Gasteiger partial charge in [0.05, 0.1) is 30.5 Å². The van der Waals surface area contributed by atoms with Gasteiger partial charge in [0.15, 0.2) is 35.9 Å². The molecule has 4 unspecified atom stereocenters. The second-order valence-electron chi connectivity index (χ2n) is 17.1. The van der Waals surface area contributed by atoms with Gasteiger partial charge in [0, 0.05) is 96.6 Å². The van der Waals surface area contributed by atoms with Gasteiger partial charge in [0.1, 0.15) is 10.0 Å². The highest BCUT2D eigenvalue weighted by Gasteiger charge is 2.40. The molecular formula is C45H53Cl2N13O6. The number of rotatable bonds is 13. The Morgan fingerprint density at radius 3 is 2.09 bits per heavy atom. The van der Waals surface area contributed by atoms with Crippen molar-refractivity contribution in [1.29, 1.82) is 0 Å². The highest BCUT2D eigenvalue weighted by atomic mass is 35.5. The number of allylic oxidation sites excluding steroid dienone is 2. The highest BCUT2D eigenvalue weighted by molar-refractivity contribution is 6.33. The number of halogens is 2. The van der Waals surface area contributed by atoms with E-state index in [1.54, 1.807) is 47.1 Å². The van der Waals surface area contributed by atoms with Crippen molar-refractivity contribution in [3.05, 3.63) is 93.5 Å². The number of aromatic nitrogens is 4. The van der Waals surface area contributed by atoms with Crippen LogP contribution in [0.5, 0.6) is 0 Å². The molecule has 4 amide bonds. The van der Waals surface area contributed by atoms with Gasteiger partial charge in [0.25, 0.3) is 23.6 Å². The molecule has 2 aliphatic carbocycles. The minimum atomic E-state index is -0.894. The van der Waals surface area contributed by atoms with E-state index < -0.39 is 6.10 Å². The molecule has 0 aromatic carbocycles. The zero-order valence-electron chi connectivity index (χ0n) is 37.0. The van der Waals surface area contributed by atoms with Gasteiger partial charge in [-0.3, -0.25) is 19.2 Å². The van der Waals surface area contributed by atoms with Crippen LogP contribution in [0, 0.1) is 11.8 Å². The molecule has 0 radical (unpaired) electrons. The van der Waals surface area contributed by atoms with E-state index in [-0.39, 0.29) is 77.2 Å². The van der Waals surface area contributed by atoms with E-state index in [1.165, 1.54) is 13.5 Å². The predicted octanol–water partition coefficient (Wildman–Crippen LogP) is 2.97. The number of nitrogens with one attached hydrogen (secondary N) is 4. The summed E-state index contributed by atoms with van der Waals surface area (Å²) in [5, 5.41) is 13.2. The predicted molar refractivity (Wildman–Crippen MR) is 248 cm³/mol. The number of piperidine rings is 1. The summed E-state index contributed by atoms with van der Waals surface area (Å²) in [6, 6.07) is -0.513. The minimum Gasteiger partial charge on any atom is -0.478 e. The summed E-state index contributed by atoms with van der Waals surface area (Å²) in [7, 11) is 4.92. The van der Waals surface area contributed by atoms with Crippen molar-refractivity contribution < 1.29 is 28.7 Å². The zero-order chi connectivity index (χ0) is 46.1. The first kappa shape index (κ1) is 45.0. The molecule has 7 heterocycles. The Morgan fingerprint density at radius 1 is 0.788 bits per heavy atom. The first-order valence-electron chi connectivity index (χ1n) is 22.3. The van der Waals surface area contributed by atoms with E-state index in [2.05, 4.69) is 36.1 Å². The molecule has 0 spiro atoms. The Kier molecular flexibility index (Phi) is 13.2. The van der Waals surface area contributed by atoms with Crippen LogP contribution < -0.4 is 31.1 Å². The SMILES string of the molecule is CNC(=O)COC1=CC2C=C(Nc3nc(N4CCNCC4)nc(CN4CC[C@H](OC5=CC6C=C(Nc7nc(N8CCCCC8)ncc7Cl)C=CC6N(C)C5=O)C4=O)c3Cl)C=CC2N(C)C1=O. The fourth-order valence-electron chi connectivity index (χ4n) is 9.09. The van der Waals surface area contributed by atoms with Crippen LogP contribution in [0.3, 0.4) is 0 Å². The van der Waals surface area contributed by atoms with Crippen LogP contribution in [0.25, 0.3) is 0 Å². The highest BCUT2D eigenvalue weighted by Crippen LogP contribution is 2.36. The maximum Gasteiger partial charge on any atom is 0.288 e. The number of carbonyl (C=O) groups excluding carboxylic acids is 4. The van der Waals surface area contributed by atoms with Crippen LogP contribution in [0.2, 0.25) is 10.0 Å². The molecule has 348 valence electrons. The molecule has 2 aromatic rings. The largest absolute Gasteiger partial charge is 0.478 e. The summed E-state index contributed by atoms with van der Waals surface area (Å²) in [6.07, 6.45) is 19.5. The molecule has 2 aromatic heterocycles. The average molecular weight is 943 g/mol. The fourth-order valence-corrected chi connectivity index (χ4v) is 9.42. The molecule has 3 fully saturated rings. The van der Waals surface area contributed by atoms with E-state index in [1.807, 2.05) is 36.5 Å². The molecule has 19 nitrogen and oxygen atoms in total. The lowest BCUT2D eigenvalue weighted by Crippen LogP contribution is -2.46. The smallest absolute Gasteiger partial charge is 0.288 e. The Morgan fingerprint density at radius 2 is 1.41 bits per heavy atom. The normalized spacial score (nSPS) is 25.1. The van der Waals surface area contributed by atoms with Crippen LogP contribution in [-0.4, -0.2) is 150 Å². The molecule has 4 N–H and O–H groups in total. The lowest BCUT2D eigenvalue weighted by atomic mass is 9.89. The number of hydrogen-bond acceptors (Lipinski definition) is 15. The summed E-state index contributed by atoms with van der Waals surface area (Å²) in [6.45, 7) is 4.80. The fraction of sp³-hybridized carbons (Fsp3) is 0.467. The number of likely N-dealkylation sites (tertiary alicyclic amines) is 1. The van der Waals surface area contributed by atoms with Crippen molar-refractivity contribution in [2.75, 3.05) is 94.0 Å². The summed E-state index contributed by atoms with van der Waals surface area (Å²) >= 11 is 13.7.